The first-order valence-electron chi connectivity index (χ1n) is 7.89. The number of piperidine rings is 1. The quantitative estimate of drug-likeness (QED) is 0.888. The highest BCUT2D eigenvalue weighted by atomic mass is 16.5. The normalized spacial score (nSPS) is 17.5. The summed E-state index contributed by atoms with van der Waals surface area (Å²) in [5.74, 6) is 0.882. The molecule has 1 fully saturated rings. The van der Waals surface area contributed by atoms with Crippen LogP contribution in [-0.4, -0.2) is 43.3 Å². The maximum absolute atomic E-state index is 5.47. The van der Waals surface area contributed by atoms with E-state index in [1.54, 1.807) is 7.11 Å². The van der Waals surface area contributed by atoms with Crippen LogP contribution in [-0.2, 0) is 4.74 Å². The van der Waals surface area contributed by atoms with E-state index in [0.717, 1.165) is 61.6 Å². The summed E-state index contributed by atoms with van der Waals surface area (Å²) in [7, 11) is 1.78. The summed E-state index contributed by atoms with van der Waals surface area (Å²) >= 11 is 0. The van der Waals surface area contributed by atoms with E-state index in [1.165, 1.54) is 0 Å². The molecule has 22 heavy (non-hydrogen) atoms. The van der Waals surface area contributed by atoms with Crippen molar-refractivity contribution in [3.63, 3.8) is 0 Å². The van der Waals surface area contributed by atoms with Gasteiger partial charge in [-0.1, -0.05) is 12.1 Å². The fraction of sp³-hybridized carbons (Fsp3) is 0.529. The summed E-state index contributed by atoms with van der Waals surface area (Å²) in [5, 5.41) is 6.94. The fourth-order valence-corrected chi connectivity index (χ4v) is 3.16. The van der Waals surface area contributed by atoms with Crippen LogP contribution in [0.3, 0.4) is 0 Å². The number of rotatable bonds is 5. The van der Waals surface area contributed by atoms with E-state index >= 15 is 0 Å². The van der Waals surface area contributed by atoms with Gasteiger partial charge in [-0.25, -0.2) is 9.97 Å². The molecule has 0 atom stereocenters. The summed E-state index contributed by atoms with van der Waals surface area (Å²) in [4.78, 5) is 9.36. The second-order valence-corrected chi connectivity index (χ2v) is 6.18. The molecule has 0 aliphatic carbocycles. The predicted octanol–water partition coefficient (Wildman–Crippen LogP) is 2.37. The summed E-state index contributed by atoms with van der Waals surface area (Å²) in [6.45, 7) is 5.76. The molecule has 0 bridgehead atoms. The molecule has 0 amide bonds. The van der Waals surface area contributed by atoms with Gasteiger partial charge in [-0.05, 0) is 45.0 Å². The molecule has 0 saturated carbocycles. The number of nitrogens with zero attached hydrogens (tertiary/aromatic N) is 2. The SMILES string of the molecule is COCC1(CNc2nc3ccccc3nc2C)CCNCC1. The van der Waals surface area contributed by atoms with Crippen molar-refractivity contribution in [3.8, 4) is 0 Å². The van der Waals surface area contributed by atoms with E-state index in [4.69, 9.17) is 9.72 Å². The summed E-state index contributed by atoms with van der Waals surface area (Å²) in [5.41, 5.74) is 3.00. The molecule has 1 saturated heterocycles. The standard InChI is InChI=1S/C17H24N4O/c1-13-16(21-15-6-4-3-5-14(15)20-13)19-11-17(12-22-2)7-9-18-10-8-17/h3-6,18H,7-12H2,1-2H3,(H,19,21). The van der Waals surface area contributed by atoms with Crippen molar-refractivity contribution in [1.29, 1.82) is 0 Å². The van der Waals surface area contributed by atoms with E-state index in [-0.39, 0.29) is 5.41 Å². The summed E-state index contributed by atoms with van der Waals surface area (Å²) in [6, 6.07) is 7.99. The number of aromatic nitrogens is 2. The molecule has 1 aliphatic rings. The summed E-state index contributed by atoms with van der Waals surface area (Å²) in [6.07, 6.45) is 2.24. The van der Waals surface area contributed by atoms with Crippen molar-refractivity contribution in [3.05, 3.63) is 30.0 Å². The van der Waals surface area contributed by atoms with Crippen molar-refractivity contribution < 1.29 is 4.74 Å². The van der Waals surface area contributed by atoms with Crippen molar-refractivity contribution >= 4 is 16.9 Å². The van der Waals surface area contributed by atoms with Crippen LogP contribution >= 0.6 is 0 Å². The first-order valence-corrected chi connectivity index (χ1v) is 7.89. The van der Waals surface area contributed by atoms with Gasteiger partial charge in [-0.15, -0.1) is 0 Å². The van der Waals surface area contributed by atoms with E-state index in [9.17, 15) is 0 Å². The minimum absolute atomic E-state index is 0.180. The lowest BCUT2D eigenvalue weighted by Crippen LogP contribution is -2.44. The molecule has 3 rings (SSSR count). The van der Waals surface area contributed by atoms with Crippen molar-refractivity contribution in [2.45, 2.75) is 19.8 Å². The molecule has 0 spiro atoms. The second kappa shape index (κ2) is 6.58. The van der Waals surface area contributed by atoms with Crippen LogP contribution in [0.15, 0.2) is 24.3 Å². The van der Waals surface area contributed by atoms with Crippen molar-refractivity contribution in [1.82, 2.24) is 15.3 Å². The first kappa shape index (κ1) is 15.2. The van der Waals surface area contributed by atoms with Gasteiger partial charge in [0.05, 0.1) is 23.3 Å². The minimum atomic E-state index is 0.180. The van der Waals surface area contributed by atoms with E-state index < -0.39 is 0 Å². The van der Waals surface area contributed by atoms with Gasteiger partial charge in [0.1, 0.15) is 5.82 Å². The minimum Gasteiger partial charge on any atom is -0.384 e. The van der Waals surface area contributed by atoms with Gasteiger partial charge < -0.3 is 15.4 Å². The van der Waals surface area contributed by atoms with Gasteiger partial charge in [-0.3, -0.25) is 0 Å². The molecular formula is C17H24N4O. The van der Waals surface area contributed by atoms with Crippen LogP contribution < -0.4 is 10.6 Å². The lowest BCUT2D eigenvalue weighted by Gasteiger charge is -2.37. The molecule has 1 aliphatic heterocycles. The number of anilines is 1. The monoisotopic (exact) mass is 300 g/mol. The van der Waals surface area contributed by atoms with E-state index in [1.807, 2.05) is 31.2 Å². The third-order valence-electron chi connectivity index (χ3n) is 4.49. The summed E-state index contributed by atoms with van der Waals surface area (Å²) < 4.78 is 5.47. The fourth-order valence-electron chi connectivity index (χ4n) is 3.16. The Labute approximate surface area is 131 Å². The molecule has 118 valence electrons. The maximum Gasteiger partial charge on any atom is 0.148 e. The van der Waals surface area contributed by atoms with Crippen LogP contribution in [0, 0.1) is 12.3 Å². The van der Waals surface area contributed by atoms with Crippen molar-refractivity contribution in [2.24, 2.45) is 5.41 Å². The highest BCUT2D eigenvalue weighted by Crippen LogP contribution is 2.30. The number of hydrogen-bond donors (Lipinski definition) is 2. The zero-order valence-electron chi connectivity index (χ0n) is 13.4. The average molecular weight is 300 g/mol. The predicted molar refractivity (Wildman–Crippen MR) is 89.2 cm³/mol. The first-order chi connectivity index (χ1) is 10.7. The van der Waals surface area contributed by atoms with Crippen molar-refractivity contribution in [2.75, 3.05) is 38.7 Å². The van der Waals surface area contributed by atoms with Gasteiger partial charge in [0, 0.05) is 19.1 Å². The zero-order chi connectivity index (χ0) is 15.4. The molecule has 1 aromatic heterocycles. The smallest absolute Gasteiger partial charge is 0.148 e. The average Bonchev–Trinajstić information content (AvgIpc) is 2.54. The Bertz CT molecular complexity index is 632. The van der Waals surface area contributed by atoms with E-state index in [0.29, 0.717) is 0 Å². The Morgan fingerprint density at radius 1 is 1.18 bits per heavy atom. The van der Waals surface area contributed by atoms with Crippen LogP contribution in [0.2, 0.25) is 0 Å². The van der Waals surface area contributed by atoms with Gasteiger partial charge in [0.15, 0.2) is 0 Å². The lowest BCUT2D eigenvalue weighted by atomic mass is 9.79. The Hall–Kier alpha value is -1.72. The number of benzene rings is 1. The van der Waals surface area contributed by atoms with Gasteiger partial charge in [0.25, 0.3) is 0 Å². The topological polar surface area (TPSA) is 59.1 Å². The highest BCUT2D eigenvalue weighted by Gasteiger charge is 2.32. The lowest BCUT2D eigenvalue weighted by molar-refractivity contribution is 0.0635. The van der Waals surface area contributed by atoms with Crippen LogP contribution in [0.25, 0.3) is 11.0 Å². The van der Waals surface area contributed by atoms with E-state index in [2.05, 4.69) is 15.6 Å². The zero-order valence-corrected chi connectivity index (χ0v) is 13.4. The van der Waals surface area contributed by atoms with Gasteiger partial charge in [-0.2, -0.15) is 0 Å². The largest absolute Gasteiger partial charge is 0.384 e. The van der Waals surface area contributed by atoms with Crippen LogP contribution in [0.1, 0.15) is 18.5 Å². The maximum atomic E-state index is 5.47. The molecular weight excluding hydrogens is 276 g/mol. The molecule has 1 aromatic carbocycles. The Morgan fingerprint density at radius 2 is 1.86 bits per heavy atom. The van der Waals surface area contributed by atoms with Crippen LogP contribution in [0.5, 0.6) is 0 Å². The third-order valence-corrected chi connectivity index (χ3v) is 4.49. The molecule has 2 N–H and O–H groups in total. The molecule has 0 radical (unpaired) electrons. The number of methoxy groups -OCH3 is 1. The Kier molecular flexibility index (Phi) is 4.55. The number of aryl methyl sites for hydroxylation is 1. The number of nitrogens with one attached hydrogen (secondary N) is 2. The Balaban J connectivity index is 1.78. The number of fused-ring (bicyclic) bond motifs is 1. The molecule has 2 heterocycles. The van der Waals surface area contributed by atoms with Gasteiger partial charge >= 0.3 is 0 Å². The molecule has 2 aromatic rings. The Morgan fingerprint density at radius 3 is 2.55 bits per heavy atom. The molecule has 0 unspecified atom stereocenters. The highest BCUT2D eigenvalue weighted by molar-refractivity contribution is 5.76. The third kappa shape index (κ3) is 3.20. The number of hydrogen-bond acceptors (Lipinski definition) is 5. The molecule has 5 nitrogen and oxygen atoms in total. The molecule has 5 heteroatoms. The number of ether oxygens (including phenoxy) is 1. The van der Waals surface area contributed by atoms with Crippen LogP contribution in [0.4, 0.5) is 5.82 Å². The number of para-hydroxylation sites is 2. The van der Waals surface area contributed by atoms with Gasteiger partial charge in [0.2, 0.25) is 0 Å². The second-order valence-electron chi connectivity index (χ2n) is 6.18.